The van der Waals surface area contributed by atoms with Crippen molar-refractivity contribution >= 4 is 17.4 Å². The molecule has 1 atom stereocenters. The van der Waals surface area contributed by atoms with Gasteiger partial charge < -0.3 is 11.1 Å². The second kappa shape index (κ2) is 4.65. The minimum Gasteiger partial charge on any atom is -0.367 e. The summed E-state index contributed by atoms with van der Waals surface area (Å²) in [5.74, 6) is 0.662. The van der Waals surface area contributed by atoms with Crippen molar-refractivity contribution in [1.82, 2.24) is 4.98 Å². The van der Waals surface area contributed by atoms with E-state index in [9.17, 15) is 0 Å². The van der Waals surface area contributed by atoms with Crippen LogP contribution in [0.4, 0.5) is 5.82 Å². The zero-order chi connectivity index (χ0) is 9.68. The van der Waals surface area contributed by atoms with E-state index in [0.29, 0.717) is 17.9 Å². The molecule has 3 N–H and O–H groups in total. The Morgan fingerprint density at radius 1 is 1.69 bits per heavy atom. The molecule has 0 aliphatic rings. The van der Waals surface area contributed by atoms with Gasteiger partial charge in [0.05, 0.1) is 11.1 Å². The van der Waals surface area contributed by atoms with Gasteiger partial charge in [-0.05, 0) is 12.1 Å². The predicted octanol–water partition coefficient (Wildman–Crippen LogP) is 0.889. The van der Waals surface area contributed by atoms with Crippen molar-refractivity contribution in [2.24, 2.45) is 5.73 Å². The monoisotopic (exact) mass is 196 g/mol. The highest BCUT2D eigenvalue weighted by molar-refractivity contribution is 6.20. The van der Waals surface area contributed by atoms with Crippen molar-refractivity contribution in [3.05, 3.63) is 23.9 Å². The smallest absolute Gasteiger partial charge is 0.126 e. The molecule has 0 fully saturated rings. The molecule has 0 spiro atoms. The van der Waals surface area contributed by atoms with Crippen LogP contribution in [-0.4, -0.2) is 17.0 Å². The molecule has 0 radical (unpaired) electrons. The largest absolute Gasteiger partial charge is 0.367 e. The van der Waals surface area contributed by atoms with Gasteiger partial charge in [-0.3, -0.25) is 0 Å². The molecule has 1 aromatic heterocycles. The lowest BCUT2D eigenvalue weighted by molar-refractivity contribution is 0.934. The summed E-state index contributed by atoms with van der Waals surface area (Å²) in [4.78, 5) is 3.97. The normalized spacial score (nSPS) is 11.8. The molecule has 0 aromatic carbocycles. The number of halogens is 1. The first-order chi connectivity index (χ1) is 6.22. The predicted molar refractivity (Wildman–Crippen MR) is 51.3 cm³/mol. The Bertz CT molecular complexity index is 301. The quantitative estimate of drug-likeness (QED) is 0.556. The van der Waals surface area contributed by atoms with Gasteiger partial charge in [0.1, 0.15) is 11.9 Å². The maximum absolute atomic E-state index is 8.50. The lowest BCUT2D eigenvalue weighted by atomic mass is 10.3. The van der Waals surface area contributed by atoms with Gasteiger partial charge in [0.25, 0.3) is 0 Å². The molecule has 13 heavy (non-hydrogen) atoms. The number of nitrogens with zero attached hydrogens (tertiary/aromatic N) is 2. The maximum atomic E-state index is 8.50. The standard InChI is InChI=1S/C8H9ClN4/c9-7(11)5-13-8-2-1-6(3-10)4-12-8/h1-2,4,7H,5,11H2,(H,12,13). The van der Waals surface area contributed by atoms with Crippen LogP contribution in [0.2, 0.25) is 0 Å². The van der Waals surface area contributed by atoms with E-state index in [4.69, 9.17) is 22.6 Å². The summed E-state index contributed by atoms with van der Waals surface area (Å²) in [6.45, 7) is 0.445. The summed E-state index contributed by atoms with van der Waals surface area (Å²) in [5.41, 5.74) is 5.41. The molecule has 0 aliphatic heterocycles. The number of rotatable bonds is 3. The number of hydrogen-bond donors (Lipinski definition) is 2. The Balaban J connectivity index is 2.55. The summed E-state index contributed by atoms with van der Waals surface area (Å²) in [7, 11) is 0. The van der Waals surface area contributed by atoms with Gasteiger partial charge in [-0.25, -0.2) is 4.98 Å². The number of nitrogens with two attached hydrogens (primary N) is 1. The first kappa shape index (κ1) is 9.78. The Morgan fingerprint density at radius 2 is 2.46 bits per heavy atom. The van der Waals surface area contributed by atoms with Crippen LogP contribution in [-0.2, 0) is 0 Å². The van der Waals surface area contributed by atoms with E-state index in [1.165, 1.54) is 6.20 Å². The van der Waals surface area contributed by atoms with Crippen LogP contribution in [0.3, 0.4) is 0 Å². The molecule has 1 aromatic rings. The molecule has 1 heterocycles. The highest BCUT2D eigenvalue weighted by Gasteiger charge is 1.97. The maximum Gasteiger partial charge on any atom is 0.126 e. The number of anilines is 1. The highest BCUT2D eigenvalue weighted by atomic mass is 35.5. The van der Waals surface area contributed by atoms with Crippen molar-refractivity contribution in [1.29, 1.82) is 5.26 Å². The van der Waals surface area contributed by atoms with Gasteiger partial charge in [-0.1, -0.05) is 0 Å². The summed E-state index contributed by atoms with van der Waals surface area (Å²) in [6, 6.07) is 5.36. The SMILES string of the molecule is N#Cc1ccc(NCC(N)Cl)nc1. The highest BCUT2D eigenvalue weighted by Crippen LogP contribution is 2.03. The van der Waals surface area contributed by atoms with Crippen molar-refractivity contribution < 1.29 is 0 Å². The van der Waals surface area contributed by atoms with E-state index < -0.39 is 5.50 Å². The summed E-state index contributed by atoms with van der Waals surface area (Å²) >= 11 is 5.52. The minimum atomic E-state index is -0.433. The Labute approximate surface area is 81.3 Å². The molecule has 68 valence electrons. The molecule has 1 unspecified atom stereocenters. The molecule has 0 saturated heterocycles. The Morgan fingerprint density at radius 3 is 2.92 bits per heavy atom. The molecular weight excluding hydrogens is 188 g/mol. The zero-order valence-corrected chi connectivity index (χ0v) is 7.62. The van der Waals surface area contributed by atoms with Crippen molar-refractivity contribution in [2.75, 3.05) is 11.9 Å². The second-order valence-electron chi connectivity index (χ2n) is 2.44. The van der Waals surface area contributed by atoms with Crippen LogP contribution >= 0.6 is 11.6 Å². The number of alkyl halides is 1. The van der Waals surface area contributed by atoms with Crippen LogP contribution in [0.5, 0.6) is 0 Å². The van der Waals surface area contributed by atoms with Gasteiger partial charge in [0, 0.05) is 12.7 Å². The van der Waals surface area contributed by atoms with Crippen LogP contribution < -0.4 is 11.1 Å². The topological polar surface area (TPSA) is 74.7 Å². The fraction of sp³-hybridized carbons (Fsp3) is 0.250. The van der Waals surface area contributed by atoms with Gasteiger partial charge in [0.2, 0.25) is 0 Å². The molecule has 4 nitrogen and oxygen atoms in total. The van der Waals surface area contributed by atoms with Gasteiger partial charge in [-0.15, -0.1) is 11.6 Å². The van der Waals surface area contributed by atoms with Crippen molar-refractivity contribution in [3.63, 3.8) is 0 Å². The van der Waals surface area contributed by atoms with E-state index in [0.717, 1.165) is 0 Å². The Kier molecular flexibility index (Phi) is 3.50. The number of nitriles is 1. The summed E-state index contributed by atoms with van der Waals surface area (Å²) in [6.07, 6.45) is 1.49. The van der Waals surface area contributed by atoms with E-state index >= 15 is 0 Å². The average molecular weight is 197 g/mol. The van der Waals surface area contributed by atoms with E-state index in [1.54, 1.807) is 12.1 Å². The zero-order valence-electron chi connectivity index (χ0n) is 6.87. The van der Waals surface area contributed by atoms with Crippen molar-refractivity contribution in [3.8, 4) is 6.07 Å². The molecule has 5 heteroatoms. The van der Waals surface area contributed by atoms with Crippen LogP contribution in [0.25, 0.3) is 0 Å². The van der Waals surface area contributed by atoms with Gasteiger partial charge in [0.15, 0.2) is 0 Å². The number of nitrogens with one attached hydrogen (secondary N) is 1. The van der Waals surface area contributed by atoms with E-state index in [-0.39, 0.29) is 0 Å². The molecular formula is C8H9ClN4. The van der Waals surface area contributed by atoms with E-state index in [1.807, 2.05) is 6.07 Å². The molecule has 0 saturated carbocycles. The summed E-state index contributed by atoms with van der Waals surface area (Å²) in [5, 5.41) is 11.4. The fourth-order valence-corrected chi connectivity index (χ4v) is 0.844. The van der Waals surface area contributed by atoms with Crippen molar-refractivity contribution in [2.45, 2.75) is 5.50 Å². The van der Waals surface area contributed by atoms with Gasteiger partial charge >= 0.3 is 0 Å². The van der Waals surface area contributed by atoms with Crippen LogP contribution in [0.1, 0.15) is 5.56 Å². The first-order valence-electron chi connectivity index (χ1n) is 3.72. The lowest BCUT2D eigenvalue weighted by Gasteiger charge is -2.05. The first-order valence-corrected chi connectivity index (χ1v) is 4.15. The third-order valence-electron chi connectivity index (χ3n) is 1.37. The second-order valence-corrected chi connectivity index (χ2v) is 3.00. The van der Waals surface area contributed by atoms with Gasteiger partial charge in [-0.2, -0.15) is 5.26 Å². The fourth-order valence-electron chi connectivity index (χ4n) is 0.767. The minimum absolute atomic E-state index is 0.433. The summed E-state index contributed by atoms with van der Waals surface area (Å²) < 4.78 is 0. The number of pyridine rings is 1. The number of aromatic nitrogens is 1. The molecule has 0 amide bonds. The third-order valence-corrected chi connectivity index (χ3v) is 1.53. The van der Waals surface area contributed by atoms with E-state index in [2.05, 4.69) is 10.3 Å². The van der Waals surface area contributed by atoms with Crippen LogP contribution in [0, 0.1) is 11.3 Å². The lowest BCUT2D eigenvalue weighted by Crippen LogP contribution is -2.22. The average Bonchev–Trinajstić information content (AvgIpc) is 2.15. The number of hydrogen-bond acceptors (Lipinski definition) is 4. The molecule has 0 bridgehead atoms. The van der Waals surface area contributed by atoms with Crippen LogP contribution in [0.15, 0.2) is 18.3 Å². The molecule has 1 rings (SSSR count). The third kappa shape index (κ3) is 3.28. The molecule has 0 aliphatic carbocycles. The Hall–Kier alpha value is -1.31.